The summed E-state index contributed by atoms with van der Waals surface area (Å²) in [6.45, 7) is -0.546. The number of imidazole rings is 1. The molecule has 26 heavy (non-hydrogen) atoms. The van der Waals surface area contributed by atoms with Crippen LogP contribution in [0.15, 0.2) is 30.7 Å². The molecule has 0 aliphatic heterocycles. The molecule has 9 heteroatoms. The molecule has 1 N–H and O–H groups in total. The summed E-state index contributed by atoms with van der Waals surface area (Å²) in [7, 11) is 0. The van der Waals surface area contributed by atoms with Crippen molar-refractivity contribution in [1.29, 1.82) is 0 Å². The third-order valence-corrected chi connectivity index (χ3v) is 4.37. The first-order chi connectivity index (χ1) is 12.5. The highest BCUT2D eigenvalue weighted by Gasteiger charge is 2.22. The van der Waals surface area contributed by atoms with E-state index in [-0.39, 0.29) is 37.6 Å². The summed E-state index contributed by atoms with van der Waals surface area (Å²) in [5.74, 6) is -1.60. The van der Waals surface area contributed by atoms with E-state index in [9.17, 15) is 13.6 Å². The average Bonchev–Trinajstić information content (AvgIpc) is 2.98. The molecule has 0 radical (unpaired) electrons. The van der Waals surface area contributed by atoms with Gasteiger partial charge in [0.2, 0.25) is 5.78 Å². The van der Waals surface area contributed by atoms with Crippen molar-refractivity contribution in [3.63, 3.8) is 0 Å². The Kier molecular flexibility index (Phi) is 5.89. The number of aliphatic hydroxyl groups excluding tert-OH is 1. The highest BCUT2D eigenvalue weighted by Crippen LogP contribution is 2.21. The molecule has 0 aliphatic carbocycles. The number of fused-ring (bicyclic) bond motifs is 1. The first-order valence-corrected chi connectivity index (χ1v) is 8.75. The van der Waals surface area contributed by atoms with Gasteiger partial charge in [-0.05, 0) is 40.3 Å². The zero-order valence-corrected chi connectivity index (χ0v) is 15.6. The number of hydrogen-bond acceptors (Lipinski definition) is 5. The van der Waals surface area contributed by atoms with Crippen LogP contribution >= 0.6 is 22.6 Å². The van der Waals surface area contributed by atoms with Gasteiger partial charge in [-0.15, -0.1) is 0 Å². The van der Waals surface area contributed by atoms with E-state index in [1.165, 1.54) is 16.8 Å². The molecular formula is C17H14F2IN3O3. The number of ether oxygens (including phenoxy) is 1. The zero-order chi connectivity index (χ0) is 18.7. The van der Waals surface area contributed by atoms with Crippen molar-refractivity contribution in [1.82, 2.24) is 14.4 Å². The number of rotatable bonds is 7. The van der Waals surface area contributed by atoms with E-state index >= 15 is 0 Å². The number of ketones is 1. The normalized spacial score (nSPS) is 11.2. The second kappa shape index (κ2) is 8.14. The van der Waals surface area contributed by atoms with Gasteiger partial charge in [0, 0.05) is 9.99 Å². The summed E-state index contributed by atoms with van der Waals surface area (Å²) >= 11 is 2.00. The van der Waals surface area contributed by atoms with E-state index in [1.807, 2.05) is 22.6 Å². The van der Waals surface area contributed by atoms with Crippen LogP contribution in [-0.4, -0.2) is 45.1 Å². The summed E-state index contributed by atoms with van der Waals surface area (Å²) in [6, 6.07) is 4.73. The summed E-state index contributed by atoms with van der Waals surface area (Å²) in [5.41, 5.74) is 0.603. The SMILES string of the molecule is O=C(COCCO)c1nc2c(F)cncn2c1Cc1ccc(I)cc1F. The lowest BCUT2D eigenvalue weighted by Crippen LogP contribution is -2.14. The summed E-state index contributed by atoms with van der Waals surface area (Å²) < 4.78 is 35.4. The first-order valence-electron chi connectivity index (χ1n) is 7.67. The fourth-order valence-electron chi connectivity index (χ4n) is 2.52. The molecule has 136 valence electrons. The number of halogens is 3. The Morgan fingerprint density at radius 1 is 1.31 bits per heavy atom. The molecule has 0 unspecified atom stereocenters. The molecule has 2 heterocycles. The second-order valence-corrected chi connectivity index (χ2v) is 6.70. The maximum atomic E-state index is 14.2. The largest absolute Gasteiger partial charge is 0.394 e. The number of carbonyl (C=O) groups is 1. The maximum absolute atomic E-state index is 14.2. The van der Waals surface area contributed by atoms with Gasteiger partial charge in [-0.25, -0.2) is 18.7 Å². The lowest BCUT2D eigenvalue weighted by atomic mass is 10.1. The molecule has 0 aliphatic rings. The van der Waals surface area contributed by atoms with Crippen molar-refractivity contribution in [2.24, 2.45) is 0 Å². The predicted molar refractivity (Wildman–Crippen MR) is 97.1 cm³/mol. The minimum absolute atomic E-state index is 0.00386. The smallest absolute Gasteiger partial charge is 0.208 e. The average molecular weight is 473 g/mol. The molecule has 1 aromatic carbocycles. The van der Waals surface area contributed by atoms with Crippen molar-refractivity contribution in [3.05, 3.63) is 62.9 Å². The molecular weight excluding hydrogens is 459 g/mol. The van der Waals surface area contributed by atoms with Gasteiger partial charge < -0.3 is 9.84 Å². The van der Waals surface area contributed by atoms with Gasteiger partial charge in [-0.2, -0.15) is 0 Å². The van der Waals surface area contributed by atoms with Crippen LogP contribution < -0.4 is 0 Å². The van der Waals surface area contributed by atoms with E-state index < -0.39 is 17.4 Å². The van der Waals surface area contributed by atoms with Crippen LogP contribution in [0.3, 0.4) is 0 Å². The number of benzene rings is 1. The summed E-state index contributed by atoms with van der Waals surface area (Å²) in [6.07, 6.45) is 2.36. The molecule has 0 atom stereocenters. The number of Topliss-reactive ketones (excluding diaryl/α,β-unsaturated/α-hetero) is 1. The topological polar surface area (TPSA) is 76.7 Å². The Labute approximate surface area is 161 Å². The number of aromatic nitrogens is 3. The highest BCUT2D eigenvalue weighted by atomic mass is 127. The van der Waals surface area contributed by atoms with Crippen LogP contribution in [0.1, 0.15) is 21.7 Å². The third kappa shape index (κ3) is 3.89. The van der Waals surface area contributed by atoms with E-state index in [2.05, 4.69) is 9.97 Å². The fourth-order valence-corrected chi connectivity index (χ4v) is 2.97. The molecule has 0 amide bonds. The monoisotopic (exact) mass is 473 g/mol. The van der Waals surface area contributed by atoms with Crippen LogP contribution in [0.5, 0.6) is 0 Å². The first kappa shape index (κ1) is 18.8. The summed E-state index contributed by atoms with van der Waals surface area (Å²) in [4.78, 5) is 20.3. The molecule has 0 bridgehead atoms. The maximum Gasteiger partial charge on any atom is 0.208 e. The Balaban J connectivity index is 2.04. The van der Waals surface area contributed by atoms with E-state index in [0.717, 1.165) is 9.77 Å². The molecule has 3 aromatic rings. The molecule has 3 rings (SSSR count). The molecule has 0 spiro atoms. The number of carbonyl (C=O) groups excluding carboxylic acids is 1. The van der Waals surface area contributed by atoms with Crippen LogP contribution in [0.2, 0.25) is 0 Å². The molecule has 0 saturated carbocycles. The Morgan fingerprint density at radius 3 is 2.85 bits per heavy atom. The predicted octanol–water partition coefficient (Wildman–Crippen LogP) is 2.39. The summed E-state index contributed by atoms with van der Waals surface area (Å²) in [5, 5.41) is 8.75. The third-order valence-electron chi connectivity index (χ3n) is 3.70. The zero-order valence-electron chi connectivity index (χ0n) is 13.5. The highest BCUT2D eigenvalue weighted by molar-refractivity contribution is 14.1. The number of aliphatic hydroxyl groups is 1. The van der Waals surface area contributed by atoms with Gasteiger partial charge in [-0.1, -0.05) is 6.07 Å². The second-order valence-electron chi connectivity index (χ2n) is 5.45. The van der Waals surface area contributed by atoms with Crippen molar-refractivity contribution in [2.75, 3.05) is 19.8 Å². The Hall–Kier alpha value is -1.98. The van der Waals surface area contributed by atoms with E-state index in [4.69, 9.17) is 9.84 Å². The van der Waals surface area contributed by atoms with Crippen LogP contribution in [-0.2, 0) is 11.2 Å². The van der Waals surface area contributed by atoms with Gasteiger partial charge in [0.15, 0.2) is 11.5 Å². The number of nitrogens with zero attached hydrogens (tertiary/aromatic N) is 3. The molecule has 0 saturated heterocycles. The molecule has 0 fully saturated rings. The quantitative estimate of drug-likeness (QED) is 0.324. The van der Waals surface area contributed by atoms with Crippen molar-refractivity contribution in [2.45, 2.75) is 6.42 Å². The lowest BCUT2D eigenvalue weighted by molar-refractivity contribution is 0.0659. The van der Waals surface area contributed by atoms with Crippen LogP contribution in [0.4, 0.5) is 8.78 Å². The van der Waals surface area contributed by atoms with Gasteiger partial charge in [0.25, 0.3) is 0 Å². The van der Waals surface area contributed by atoms with Crippen LogP contribution in [0.25, 0.3) is 5.65 Å². The van der Waals surface area contributed by atoms with Gasteiger partial charge in [0.1, 0.15) is 24.4 Å². The molecule has 2 aromatic heterocycles. The number of hydrogen-bond donors (Lipinski definition) is 1. The Bertz CT molecular complexity index is 962. The van der Waals surface area contributed by atoms with Gasteiger partial charge in [0.05, 0.1) is 25.1 Å². The lowest BCUT2D eigenvalue weighted by Gasteiger charge is -2.07. The van der Waals surface area contributed by atoms with Crippen molar-refractivity contribution in [3.8, 4) is 0 Å². The van der Waals surface area contributed by atoms with Crippen molar-refractivity contribution >= 4 is 34.0 Å². The van der Waals surface area contributed by atoms with Gasteiger partial charge >= 0.3 is 0 Å². The molecule has 6 nitrogen and oxygen atoms in total. The minimum Gasteiger partial charge on any atom is -0.394 e. The van der Waals surface area contributed by atoms with E-state index in [0.29, 0.717) is 11.3 Å². The van der Waals surface area contributed by atoms with Crippen LogP contribution in [0, 0.1) is 15.2 Å². The minimum atomic E-state index is -0.688. The fraction of sp³-hybridized carbons (Fsp3) is 0.235. The van der Waals surface area contributed by atoms with E-state index in [1.54, 1.807) is 12.1 Å². The standard InChI is InChI=1S/C17H14F2IN3O3/c18-12-6-11(20)2-1-10(12)5-14-16(15(25)8-26-4-3-24)22-17-13(19)7-21-9-23(14)17/h1-2,6-7,9,24H,3-5,8H2. The van der Waals surface area contributed by atoms with Crippen molar-refractivity contribution < 1.29 is 23.4 Å². The van der Waals surface area contributed by atoms with Gasteiger partial charge in [-0.3, -0.25) is 9.20 Å². The Morgan fingerprint density at radius 2 is 2.12 bits per heavy atom.